The third-order valence-corrected chi connectivity index (χ3v) is 1.54. The second-order valence-corrected chi connectivity index (χ2v) is 2.99. The molecule has 2 nitrogen and oxygen atoms in total. The van der Waals surface area contributed by atoms with E-state index in [1.165, 1.54) is 6.26 Å². The van der Waals surface area contributed by atoms with Gasteiger partial charge in [0.1, 0.15) is 12.9 Å². The van der Waals surface area contributed by atoms with Gasteiger partial charge < -0.3 is 4.89 Å². The fourth-order valence-corrected chi connectivity index (χ4v) is 0.860. The largest absolute Gasteiger partial charge is 0.345 e. The van der Waals surface area contributed by atoms with Crippen molar-refractivity contribution in [2.75, 3.05) is 0 Å². The normalized spacial score (nSPS) is 10.4. The average molecular weight is 190 g/mol. The molecular formula is C12H14O2. The van der Waals surface area contributed by atoms with Crippen molar-refractivity contribution >= 4 is 0 Å². The lowest BCUT2D eigenvalue weighted by Crippen LogP contribution is -1.89. The lowest BCUT2D eigenvalue weighted by molar-refractivity contribution is -0.258. The highest BCUT2D eigenvalue weighted by Crippen LogP contribution is 2.01. The van der Waals surface area contributed by atoms with Gasteiger partial charge in [0, 0.05) is 0 Å². The summed E-state index contributed by atoms with van der Waals surface area (Å²) < 4.78 is 0. The van der Waals surface area contributed by atoms with E-state index in [4.69, 9.17) is 9.78 Å². The maximum absolute atomic E-state index is 4.94. The minimum Gasteiger partial charge on any atom is -0.345 e. The van der Waals surface area contributed by atoms with Crippen LogP contribution < -0.4 is 0 Å². The van der Waals surface area contributed by atoms with Gasteiger partial charge in [-0.2, -0.15) is 4.89 Å². The van der Waals surface area contributed by atoms with Gasteiger partial charge in [0.25, 0.3) is 0 Å². The third-order valence-electron chi connectivity index (χ3n) is 1.54. The molecule has 0 saturated heterocycles. The van der Waals surface area contributed by atoms with Gasteiger partial charge in [0.05, 0.1) is 0 Å². The molecule has 0 atom stereocenters. The second-order valence-electron chi connectivity index (χ2n) is 2.99. The Labute approximate surface area is 84.4 Å². The smallest absolute Gasteiger partial charge is 0.129 e. The number of rotatable bonds is 5. The zero-order valence-electron chi connectivity index (χ0n) is 8.27. The summed E-state index contributed by atoms with van der Waals surface area (Å²) in [5.41, 5.74) is 2.00. The standard InChI is InChI=1S/C12H14O2/c1-11(2)8-9-13-14-10-12-6-4-3-5-7-12/h3-9H,1,10H2,2H3. The monoisotopic (exact) mass is 190 g/mol. The molecule has 0 aliphatic carbocycles. The van der Waals surface area contributed by atoms with Crippen LogP contribution in [0.1, 0.15) is 12.5 Å². The summed E-state index contributed by atoms with van der Waals surface area (Å²) in [6, 6.07) is 9.84. The van der Waals surface area contributed by atoms with Crippen molar-refractivity contribution in [2.24, 2.45) is 0 Å². The van der Waals surface area contributed by atoms with E-state index in [9.17, 15) is 0 Å². The van der Waals surface area contributed by atoms with Crippen molar-refractivity contribution in [3.05, 3.63) is 60.4 Å². The minimum atomic E-state index is 0.446. The van der Waals surface area contributed by atoms with E-state index in [-0.39, 0.29) is 0 Å². The summed E-state index contributed by atoms with van der Waals surface area (Å²) in [7, 11) is 0. The minimum absolute atomic E-state index is 0.446. The van der Waals surface area contributed by atoms with Crippen molar-refractivity contribution in [3.63, 3.8) is 0 Å². The maximum atomic E-state index is 4.94. The highest BCUT2D eigenvalue weighted by atomic mass is 17.2. The van der Waals surface area contributed by atoms with E-state index >= 15 is 0 Å². The lowest BCUT2D eigenvalue weighted by atomic mass is 10.2. The molecular weight excluding hydrogens is 176 g/mol. The van der Waals surface area contributed by atoms with Crippen LogP contribution >= 0.6 is 0 Å². The van der Waals surface area contributed by atoms with Gasteiger partial charge in [-0.15, -0.1) is 0 Å². The molecule has 0 bridgehead atoms. The van der Waals surface area contributed by atoms with E-state index in [1.807, 2.05) is 37.3 Å². The molecule has 0 aromatic heterocycles. The molecule has 0 N–H and O–H groups in total. The average Bonchev–Trinajstić information content (AvgIpc) is 2.18. The second kappa shape index (κ2) is 6.00. The van der Waals surface area contributed by atoms with Crippen LogP contribution in [0.5, 0.6) is 0 Å². The maximum Gasteiger partial charge on any atom is 0.129 e. The zero-order valence-corrected chi connectivity index (χ0v) is 8.27. The summed E-state index contributed by atoms with van der Waals surface area (Å²) in [5, 5.41) is 0. The Bertz CT molecular complexity index is 301. The molecule has 2 heteroatoms. The highest BCUT2D eigenvalue weighted by Gasteiger charge is 1.89. The first-order valence-corrected chi connectivity index (χ1v) is 4.43. The topological polar surface area (TPSA) is 18.5 Å². The summed E-state index contributed by atoms with van der Waals surface area (Å²) in [6.07, 6.45) is 3.22. The highest BCUT2D eigenvalue weighted by molar-refractivity contribution is 5.13. The molecule has 14 heavy (non-hydrogen) atoms. The molecule has 1 aromatic rings. The van der Waals surface area contributed by atoms with Crippen LogP contribution in [0.15, 0.2) is 54.8 Å². The first-order valence-electron chi connectivity index (χ1n) is 4.43. The molecule has 0 saturated carbocycles. The molecule has 74 valence electrons. The predicted octanol–water partition coefficient (Wildman–Crippen LogP) is 3.22. The van der Waals surface area contributed by atoms with Crippen molar-refractivity contribution in [1.29, 1.82) is 0 Å². The van der Waals surface area contributed by atoms with Gasteiger partial charge in [0.15, 0.2) is 0 Å². The Hall–Kier alpha value is -1.54. The van der Waals surface area contributed by atoms with Crippen LogP contribution in [0, 0.1) is 0 Å². The first kappa shape index (κ1) is 10.5. The van der Waals surface area contributed by atoms with E-state index in [0.717, 1.165) is 11.1 Å². The summed E-state index contributed by atoms with van der Waals surface area (Å²) in [6.45, 7) is 6.02. The molecule has 1 aromatic carbocycles. The number of hydrogen-bond donors (Lipinski definition) is 0. The van der Waals surface area contributed by atoms with Gasteiger partial charge in [0.2, 0.25) is 0 Å². The fourth-order valence-electron chi connectivity index (χ4n) is 0.860. The first-order chi connectivity index (χ1) is 6.79. The van der Waals surface area contributed by atoms with Gasteiger partial charge >= 0.3 is 0 Å². The Balaban J connectivity index is 2.19. The van der Waals surface area contributed by atoms with Crippen LogP contribution in [0.25, 0.3) is 0 Å². The molecule has 0 aliphatic heterocycles. The van der Waals surface area contributed by atoms with Crippen LogP contribution in [-0.2, 0) is 16.4 Å². The molecule has 0 radical (unpaired) electrons. The Morgan fingerprint density at radius 2 is 2.07 bits per heavy atom. The SMILES string of the molecule is C=C(C)C=COOCc1ccccc1. The van der Waals surface area contributed by atoms with Crippen molar-refractivity contribution in [3.8, 4) is 0 Å². The molecule has 0 heterocycles. The quantitative estimate of drug-likeness (QED) is 0.233. The van der Waals surface area contributed by atoms with Gasteiger partial charge in [-0.3, -0.25) is 0 Å². The van der Waals surface area contributed by atoms with E-state index in [2.05, 4.69) is 6.58 Å². The molecule has 0 unspecified atom stereocenters. The van der Waals surface area contributed by atoms with Crippen LogP contribution in [0.2, 0.25) is 0 Å². The Kier molecular flexibility index (Phi) is 4.51. The summed E-state index contributed by atoms with van der Waals surface area (Å²) in [4.78, 5) is 9.75. The third kappa shape index (κ3) is 4.48. The van der Waals surface area contributed by atoms with Crippen molar-refractivity contribution < 1.29 is 9.78 Å². The predicted molar refractivity (Wildman–Crippen MR) is 56.3 cm³/mol. The number of benzene rings is 1. The van der Waals surface area contributed by atoms with Crippen LogP contribution in [0.4, 0.5) is 0 Å². The van der Waals surface area contributed by atoms with Crippen LogP contribution in [0.3, 0.4) is 0 Å². The molecule has 0 fully saturated rings. The lowest BCUT2D eigenvalue weighted by Gasteiger charge is -2.00. The number of hydrogen-bond acceptors (Lipinski definition) is 2. The Morgan fingerprint density at radius 3 is 2.71 bits per heavy atom. The van der Waals surface area contributed by atoms with Gasteiger partial charge in [-0.1, -0.05) is 42.5 Å². The van der Waals surface area contributed by atoms with E-state index in [0.29, 0.717) is 6.61 Å². The zero-order chi connectivity index (χ0) is 10.2. The van der Waals surface area contributed by atoms with Crippen molar-refractivity contribution in [2.45, 2.75) is 13.5 Å². The molecule has 1 rings (SSSR count). The molecule has 0 aliphatic rings. The van der Waals surface area contributed by atoms with E-state index in [1.54, 1.807) is 6.08 Å². The van der Waals surface area contributed by atoms with Gasteiger partial charge in [-0.25, -0.2) is 0 Å². The summed E-state index contributed by atoms with van der Waals surface area (Å²) in [5.74, 6) is 0. The van der Waals surface area contributed by atoms with Crippen molar-refractivity contribution in [1.82, 2.24) is 0 Å². The van der Waals surface area contributed by atoms with Gasteiger partial charge in [-0.05, 0) is 18.6 Å². The van der Waals surface area contributed by atoms with Crippen LogP contribution in [-0.4, -0.2) is 0 Å². The summed E-state index contributed by atoms with van der Waals surface area (Å²) >= 11 is 0. The molecule has 0 spiro atoms. The molecule has 0 amide bonds. The Morgan fingerprint density at radius 1 is 1.36 bits per heavy atom. The fraction of sp³-hybridized carbons (Fsp3) is 0.167. The number of allylic oxidation sites excluding steroid dienone is 2. The van der Waals surface area contributed by atoms with E-state index < -0.39 is 0 Å².